The molecule has 1 unspecified atom stereocenters. The lowest BCUT2D eigenvalue weighted by Gasteiger charge is -2.09. The summed E-state index contributed by atoms with van der Waals surface area (Å²) in [6, 6.07) is 0. The third kappa shape index (κ3) is 1.56. The van der Waals surface area contributed by atoms with Crippen LogP contribution < -0.4 is 5.32 Å². The van der Waals surface area contributed by atoms with E-state index in [1.54, 1.807) is 0 Å². The van der Waals surface area contributed by atoms with Crippen LogP contribution in [0.5, 0.6) is 0 Å². The fraction of sp³-hybridized carbons (Fsp3) is 0.700. The highest BCUT2D eigenvalue weighted by molar-refractivity contribution is 7.91. The number of hydrogen-bond acceptors (Lipinski definition) is 4. The largest absolute Gasteiger partial charge is 0.343 e. The van der Waals surface area contributed by atoms with Crippen molar-refractivity contribution in [2.24, 2.45) is 0 Å². The second-order valence-corrected chi connectivity index (χ2v) is 6.77. The molecular weight excluding hydrogens is 226 g/mol. The number of nitrogens with one attached hydrogen (secondary N) is 2. The van der Waals surface area contributed by atoms with Crippen molar-refractivity contribution in [2.45, 2.75) is 31.1 Å². The molecule has 1 fully saturated rings. The van der Waals surface area contributed by atoms with Crippen molar-refractivity contribution < 1.29 is 8.42 Å². The summed E-state index contributed by atoms with van der Waals surface area (Å²) in [4.78, 5) is 7.63. The normalized spacial score (nSPS) is 27.9. The summed E-state index contributed by atoms with van der Waals surface area (Å²) in [7, 11) is -2.95. The Balaban J connectivity index is 1.98. The van der Waals surface area contributed by atoms with Crippen LogP contribution in [0.1, 0.15) is 35.3 Å². The van der Waals surface area contributed by atoms with Crippen LogP contribution in [0.15, 0.2) is 0 Å². The van der Waals surface area contributed by atoms with Crippen LogP contribution >= 0.6 is 0 Å². The Morgan fingerprint density at radius 1 is 1.38 bits per heavy atom. The molecular formula is C10H15N3O2S. The number of H-pyrrole nitrogens is 1. The number of aromatic nitrogens is 2. The van der Waals surface area contributed by atoms with Gasteiger partial charge in [0.05, 0.1) is 17.1 Å². The van der Waals surface area contributed by atoms with Crippen LogP contribution in [-0.4, -0.2) is 30.7 Å². The first kappa shape index (κ1) is 10.3. The molecule has 0 aliphatic carbocycles. The van der Waals surface area contributed by atoms with Gasteiger partial charge in [-0.3, -0.25) is 0 Å². The summed E-state index contributed by atoms with van der Waals surface area (Å²) in [5.74, 6) is 0.965. The summed E-state index contributed by atoms with van der Waals surface area (Å²) in [5, 5.41) is 2.85. The molecule has 0 bridgehead atoms. The maximum atomic E-state index is 11.8. The van der Waals surface area contributed by atoms with Crippen LogP contribution in [0.25, 0.3) is 0 Å². The van der Waals surface area contributed by atoms with Crippen molar-refractivity contribution in [1.29, 1.82) is 0 Å². The van der Waals surface area contributed by atoms with Gasteiger partial charge in [0.1, 0.15) is 11.1 Å². The second-order valence-electron chi connectivity index (χ2n) is 4.47. The number of hydrogen-bond donors (Lipinski definition) is 2. The zero-order valence-corrected chi connectivity index (χ0v) is 9.81. The Bertz CT molecular complexity index is 483. The lowest BCUT2D eigenvalue weighted by molar-refractivity contribution is 0.589. The van der Waals surface area contributed by atoms with E-state index in [1.807, 2.05) is 0 Å². The molecule has 5 nitrogen and oxygen atoms in total. The molecule has 0 saturated carbocycles. The molecule has 3 heterocycles. The molecule has 16 heavy (non-hydrogen) atoms. The Morgan fingerprint density at radius 2 is 2.25 bits per heavy atom. The number of imidazole rings is 1. The molecule has 0 radical (unpaired) electrons. The minimum Gasteiger partial charge on any atom is -0.343 e. The highest BCUT2D eigenvalue weighted by Gasteiger charge is 2.35. The average Bonchev–Trinajstić information content (AvgIpc) is 2.79. The third-order valence-corrected chi connectivity index (χ3v) is 5.54. The summed E-state index contributed by atoms with van der Waals surface area (Å²) >= 11 is 0. The second kappa shape index (κ2) is 3.56. The minimum absolute atomic E-state index is 0.307. The molecule has 0 aromatic carbocycles. The van der Waals surface area contributed by atoms with Crippen LogP contribution in [0.4, 0.5) is 0 Å². The number of fused-ring (bicyclic) bond motifs is 1. The SMILES string of the molecule is O=S1(=O)CCCC1c1nc2c([nH]1)CNCC2. The van der Waals surface area contributed by atoms with Crippen LogP contribution in [-0.2, 0) is 22.8 Å². The first-order chi connectivity index (χ1) is 7.67. The highest BCUT2D eigenvalue weighted by Crippen LogP contribution is 2.33. The van der Waals surface area contributed by atoms with E-state index >= 15 is 0 Å². The summed E-state index contributed by atoms with van der Waals surface area (Å²) in [5.41, 5.74) is 2.10. The quantitative estimate of drug-likeness (QED) is 0.742. The third-order valence-electron chi connectivity index (χ3n) is 3.36. The lowest BCUT2D eigenvalue weighted by Crippen LogP contribution is -2.23. The van der Waals surface area contributed by atoms with Crippen molar-refractivity contribution in [3.63, 3.8) is 0 Å². The molecule has 88 valence electrons. The van der Waals surface area contributed by atoms with E-state index in [4.69, 9.17) is 0 Å². The summed E-state index contributed by atoms with van der Waals surface area (Å²) < 4.78 is 23.6. The molecule has 1 aromatic rings. The standard InChI is InChI=1S/C10H15N3O2S/c14-16(15)5-1-2-9(16)10-12-7-3-4-11-6-8(7)13-10/h9,11H,1-6H2,(H,12,13). The lowest BCUT2D eigenvalue weighted by atomic mass is 10.2. The Labute approximate surface area is 94.6 Å². The highest BCUT2D eigenvalue weighted by atomic mass is 32.2. The van der Waals surface area contributed by atoms with Gasteiger partial charge in [-0.1, -0.05) is 0 Å². The Morgan fingerprint density at radius 3 is 2.94 bits per heavy atom. The van der Waals surface area contributed by atoms with Crippen LogP contribution in [0.2, 0.25) is 0 Å². The molecule has 0 amide bonds. The van der Waals surface area contributed by atoms with Gasteiger partial charge in [0.15, 0.2) is 9.84 Å². The molecule has 1 saturated heterocycles. The molecule has 3 rings (SSSR count). The number of aromatic amines is 1. The first-order valence-corrected chi connectivity index (χ1v) is 7.38. The first-order valence-electron chi connectivity index (χ1n) is 5.67. The van der Waals surface area contributed by atoms with E-state index in [9.17, 15) is 8.42 Å². The minimum atomic E-state index is -2.95. The monoisotopic (exact) mass is 241 g/mol. The molecule has 2 aliphatic rings. The molecule has 6 heteroatoms. The zero-order chi connectivity index (χ0) is 11.2. The van der Waals surface area contributed by atoms with E-state index in [0.29, 0.717) is 18.0 Å². The molecule has 2 N–H and O–H groups in total. The van der Waals surface area contributed by atoms with E-state index in [0.717, 1.165) is 37.3 Å². The van der Waals surface area contributed by atoms with Gasteiger partial charge in [0.2, 0.25) is 0 Å². The van der Waals surface area contributed by atoms with Gasteiger partial charge in [0.25, 0.3) is 0 Å². The summed E-state index contributed by atoms with van der Waals surface area (Å²) in [6.07, 6.45) is 2.36. The van der Waals surface area contributed by atoms with Gasteiger partial charge >= 0.3 is 0 Å². The van der Waals surface area contributed by atoms with E-state index in [-0.39, 0.29) is 0 Å². The fourth-order valence-corrected chi connectivity index (χ4v) is 4.32. The predicted molar refractivity (Wildman–Crippen MR) is 59.8 cm³/mol. The smallest absolute Gasteiger partial charge is 0.160 e. The van der Waals surface area contributed by atoms with Crippen molar-refractivity contribution in [3.8, 4) is 0 Å². The fourth-order valence-electron chi connectivity index (χ4n) is 2.49. The Kier molecular flexibility index (Phi) is 2.29. The maximum absolute atomic E-state index is 11.8. The van der Waals surface area contributed by atoms with Crippen molar-refractivity contribution in [2.75, 3.05) is 12.3 Å². The van der Waals surface area contributed by atoms with Gasteiger partial charge in [-0.05, 0) is 12.8 Å². The van der Waals surface area contributed by atoms with Crippen LogP contribution in [0.3, 0.4) is 0 Å². The maximum Gasteiger partial charge on any atom is 0.160 e. The molecule has 0 spiro atoms. The van der Waals surface area contributed by atoms with Gasteiger partial charge < -0.3 is 10.3 Å². The topological polar surface area (TPSA) is 74.8 Å². The van der Waals surface area contributed by atoms with Crippen LogP contribution in [0, 0.1) is 0 Å². The number of rotatable bonds is 1. The van der Waals surface area contributed by atoms with Gasteiger partial charge in [-0.25, -0.2) is 13.4 Å². The predicted octanol–water partition coefficient (Wildman–Crippen LogP) is 0.305. The van der Waals surface area contributed by atoms with Crippen molar-refractivity contribution >= 4 is 9.84 Å². The van der Waals surface area contributed by atoms with Gasteiger partial charge in [-0.2, -0.15) is 0 Å². The van der Waals surface area contributed by atoms with E-state index in [2.05, 4.69) is 15.3 Å². The van der Waals surface area contributed by atoms with Crippen molar-refractivity contribution in [1.82, 2.24) is 15.3 Å². The number of sulfone groups is 1. The van der Waals surface area contributed by atoms with Gasteiger partial charge in [0, 0.05) is 19.5 Å². The summed E-state index contributed by atoms with van der Waals surface area (Å²) in [6.45, 7) is 1.70. The van der Waals surface area contributed by atoms with Gasteiger partial charge in [-0.15, -0.1) is 0 Å². The molecule has 1 aromatic heterocycles. The van der Waals surface area contributed by atoms with E-state index in [1.165, 1.54) is 0 Å². The average molecular weight is 241 g/mol. The molecule has 2 aliphatic heterocycles. The zero-order valence-electron chi connectivity index (χ0n) is 8.99. The van der Waals surface area contributed by atoms with E-state index < -0.39 is 15.1 Å². The van der Waals surface area contributed by atoms with Crippen molar-refractivity contribution in [3.05, 3.63) is 17.2 Å². The molecule has 1 atom stereocenters. The Hall–Kier alpha value is -0.880. The number of nitrogens with zero attached hydrogens (tertiary/aromatic N) is 1.